The van der Waals surface area contributed by atoms with Crippen molar-refractivity contribution < 1.29 is 9.13 Å². The van der Waals surface area contributed by atoms with Gasteiger partial charge in [-0.2, -0.15) is 0 Å². The second kappa shape index (κ2) is 7.93. The quantitative estimate of drug-likeness (QED) is 0.829. The van der Waals surface area contributed by atoms with Crippen molar-refractivity contribution in [2.24, 2.45) is 11.7 Å². The maximum atomic E-state index is 13.8. The summed E-state index contributed by atoms with van der Waals surface area (Å²) in [5.41, 5.74) is 6.48. The molecular weight excluding hydrogens is 241 g/mol. The van der Waals surface area contributed by atoms with Gasteiger partial charge in [-0.05, 0) is 31.4 Å². The average Bonchev–Trinajstić information content (AvgIpc) is 2.34. The topological polar surface area (TPSA) is 35.2 Å². The summed E-state index contributed by atoms with van der Waals surface area (Å²) in [4.78, 5) is 0. The number of rotatable bonds is 5. The molecule has 0 aliphatic carbocycles. The van der Waals surface area contributed by atoms with Crippen LogP contribution in [0.4, 0.5) is 4.39 Å². The molecule has 2 N–H and O–H groups in total. The van der Waals surface area contributed by atoms with Crippen LogP contribution in [0.1, 0.15) is 38.3 Å². The summed E-state index contributed by atoms with van der Waals surface area (Å²) in [6.07, 6.45) is 1.11. The standard InChI is InChI=1S/C16H22FNO/c1-12(2)9-13(3)19-11-15-7-6-14(5-4-8-18)10-16(15)17/h6-7,10,12-13H,8-9,11,18H2,1-3H3. The predicted molar refractivity (Wildman–Crippen MR) is 76.0 cm³/mol. The zero-order chi connectivity index (χ0) is 14.3. The van der Waals surface area contributed by atoms with Crippen molar-refractivity contribution >= 4 is 0 Å². The van der Waals surface area contributed by atoms with Gasteiger partial charge in [0.05, 0.1) is 19.3 Å². The van der Waals surface area contributed by atoms with Crippen LogP contribution in [0.15, 0.2) is 18.2 Å². The van der Waals surface area contributed by atoms with E-state index in [1.807, 2.05) is 6.92 Å². The Morgan fingerprint density at radius 3 is 2.63 bits per heavy atom. The molecule has 1 aromatic rings. The number of nitrogens with two attached hydrogens (primary N) is 1. The van der Waals surface area contributed by atoms with Gasteiger partial charge in [0.2, 0.25) is 0 Å². The molecule has 0 aliphatic heterocycles. The molecule has 0 saturated carbocycles. The third-order valence-electron chi connectivity index (χ3n) is 2.71. The Morgan fingerprint density at radius 1 is 1.32 bits per heavy atom. The molecule has 0 spiro atoms. The molecule has 1 atom stereocenters. The van der Waals surface area contributed by atoms with Crippen LogP contribution in [0.5, 0.6) is 0 Å². The smallest absolute Gasteiger partial charge is 0.129 e. The van der Waals surface area contributed by atoms with Crippen LogP contribution in [-0.4, -0.2) is 12.6 Å². The van der Waals surface area contributed by atoms with Crippen LogP contribution in [0, 0.1) is 23.6 Å². The van der Waals surface area contributed by atoms with E-state index in [9.17, 15) is 4.39 Å². The molecule has 0 aliphatic rings. The number of hydrogen-bond acceptors (Lipinski definition) is 2. The van der Waals surface area contributed by atoms with E-state index < -0.39 is 0 Å². The Kier molecular flexibility index (Phi) is 6.55. The zero-order valence-electron chi connectivity index (χ0n) is 11.9. The zero-order valence-corrected chi connectivity index (χ0v) is 11.9. The van der Waals surface area contributed by atoms with Crippen molar-refractivity contribution in [3.63, 3.8) is 0 Å². The van der Waals surface area contributed by atoms with Crippen molar-refractivity contribution in [2.75, 3.05) is 6.54 Å². The molecule has 0 bridgehead atoms. The Labute approximate surface area is 115 Å². The molecule has 1 rings (SSSR count). The molecule has 0 aromatic heterocycles. The van der Waals surface area contributed by atoms with Crippen LogP contribution in [0.3, 0.4) is 0 Å². The second-order valence-corrected chi connectivity index (χ2v) is 5.06. The van der Waals surface area contributed by atoms with E-state index >= 15 is 0 Å². The van der Waals surface area contributed by atoms with Crippen LogP contribution in [0.2, 0.25) is 0 Å². The predicted octanol–water partition coefficient (Wildman–Crippen LogP) is 3.09. The van der Waals surface area contributed by atoms with Gasteiger partial charge in [0, 0.05) is 11.1 Å². The minimum absolute atomic E-state index is 0.135. The first-order chi connectivity index (χ1) is 9.02. The summed E-state index contributed by atoms with van der Waals surface area (Å²) in [5.74, 6) is 5.81. The Bertz CT molecular complexity index is 460. The lowest BCUT2D eigenvalue weighted by atomic mass is 10.1. The van der Waals surface area contributed by atoms with Gasteiger partial charge >= 0.3 is 0 Å². The fourth-order valence-electron chi connectivity index (χ4n) is 1.86. The summed E-state index contributed by atoms with van der Waals surface area (Å²) >= 11 is 0. The highest BCUT2D eigenvalue weighted by Gasteiger charge is 2.08. The number of halogens is 1. The lowest BCUT2D eigenvalue weighted by molar-refractivity contribution is 0.0382. The Morgan fingerprint density at radius 2 is 2.05 bits per heavy atom. The average molecular weight is 263 g/mol. The fourth-order valence-corrected chi connectivity index (χ4v) is 1.86. The molecule has 1 unspecified atom stereocenters. The van der Waals surface area contributed by atoms with E-state index in [4.69, 9.17) is 10.5 Å². The van der Waals surface area contributed by atoms with Crippen LogP contribution >= 0.6 is 0 Å². The van der Waals surface area contributed by atoms with E-state index in [0.717, 1.165) is 6.42 Å². The summed E-state index contributed by atoms with van der Waals surface area (Å²) in [7, 11) is 0. The molecule has 104 valence electrons. The highest BCUT2D eigenvalue weighted by Crippen LogP contribution is 2.14. The highest BCUT2D eigenvalue weighted by atomic mass is 19.1. The molecule has 0 radical (unpaired) electrons. The Balaban J connectivity index is 2.60. The number of ether oxygens (including phenoxy) is 1. The van der Waals surface area contributed by atoms with Crippen molar-refractivity contribution in [1.82, 2.24) is 0 Å². The second-order valence-electron chi connectivity index (χ2n) is 5.06. The molecule has 0 amide bonds. The highest BCUT2D eigenvalue weighted by molar-refractivity contribution is 5.37. The van der Waals surface area contributed by atoms with Crippen LogP contribution in [-0.2, 0) is 11.3 Å². The van der Waals surface area contributed by atoms with Gasteiger partial charge in [-0.3, -0.25) is 0 Å². The molecule has 3 heteroatoms. The van der Waals surface area contributed by atoms with Crippen LogP contribution in [0.25, 0.3) is 0 Å². The van der Waals surface area contributed by atoms with Gasteiger partial charge < -0.3 is 10.5 Å². The third-order valence-corrected chi connectivity index (χ3v) is 2.71. The monoisotopic (exact) mass is 263 g/mol. The third kappa shape index (κ3) is 5.87. The van der Waals surface area contributed by atoms with E-state index in [1.54, 1.807) is 12.1 Å². The van der Waals surface area contributed by atoms with Crippen LogP contribution < -0.4 is 5.73 Å². The van der Waals surface area contributed by atoms with E-state index in [-0.39, 0.29) is 18.5 Å². The number of hydrogen-bond donors (Lipinski definition) is 1. The van der Waals surface area contributed by atoms with Crippen molar-refractivity contribution in [3.05, 3.63) is 35.1 Å². The first kappa shape index (κ1) is 15.7. The van der Waals surface area contributed by atoms with Gasteiger partial charge in [0.25, 0.3) is 0 Å². The maximum Gasteiger partial charge on any atom is 0.129 e. The lowest BCUT2D eigenvalue weighted by Crippen LogP contribution is -2.11. The summed E-state index contributed by atoms with van der Waals surface area (Å²) in [5, 5.41) is 0. The summed E-state index contributed by atoms with van der Waals surface area (Å²) < 4.78 is 19.5. The first-order valence-electron chi connectivity index (χ1n) is 6.62. The van der Waals surface area contributed by atoms with Gasteiger partial charge in [-0.25, -0.2) is 4.39 Å². The molecule has 1 aromatic carbocycles. The largest absolute Gasteiger partial charge is 0.374 e. The molecular formula is C16H22FNO. The van der Waals surface area contributed by atoms with Crippen molar-refractivity contribution in [3.8, 4) is 11.8 Å². The normalized spacial score (nSPS) is 12.1. The number of benzene rings is 1. The lowest BCUT2D eigenvalue weighted by Gasteiger charge is -2.15. The van der Waals surface area contributed by atoms with Gasteiger partial charge in [0.1, 0.15) is 5.82 Å². The van der Waals surface area contributed by atoms with E-state index in [0.29, 0.717) is 23.7 Å². The van der Waals surface area contributed by atoms with E-state index in [1.165, 1.54) is 6.07 Å². The summed E-state index contributed by atoms with van der Waals surface area (Å²) in [6.45, 7) is 6.87. The Hall–Kier alpha value is -1.37. The molecule has 0 heterocycles. The van der Waals surface area contributed by atoms with Gasteiger partial charge in [0.15, 0.2) is 0 Å². The minimum atomic E-state index is -0.277. The van der Waals surface area contributed by atoms with E-state index in [2.05, 4.69) is 25.7 Å². The molecule has 0 fully saturated rings. The maximum absolute atomic E-state index is 13.8. The van der Waals surface area contributed by atoms with Crippen molar-refractivity contribution in [2.45, 2.75) is 39.9 Å². The van der Waals surface area contributed by atoms with Crippen molar-refractivity contribution in [1.29, 1.82) is 0 Å². The summed E-state index contributed by atoms with van der Waals surface area (Å²) in [6, 6.07) is 4.93. The van der Waals surface area contributed by atoms with Gasteiger partial charge in [-0.1, -0.05) is 31.8 Å². The molecule has 0 saturated heterocycles. The van der Waals surface area contributed by atoms with Gasteiger partial charge in [-0.15, -0.1) is 0 Å². The fraction of sp³-hybridized carbons (Fsp3) is 0.500. The molecule has 2 nitrogen and oxygen atoms in total. The molecule has 19 heavy (non-hydrogen) atoms. The first-order valence-corrected chi connectivity index (χ1v) is 6.62. The SMILES string of the molecule is CC(C)CC(C)OCc1ccc(C#CCN)cc1F. The minimum Gasteiger partial charge on any atom is -0.374 e.